The number of halogens is 1. The third kappa shape index (κ3) is 3.57. The van der Waals surface area contributed by atoms with Crippen molar-refractivity contribution in [1.29, 1.82) is 5.26 Å². The minimum Gasteiger partial charge on any atom is -0.360 e. The number of nitrogens with zero attached hydrogens (tertiary/aromatic N) is 2. The topological polar surface area (TPSA) is 78.9 Å². The molecule has 0 aliphatic heterocycles. The van der Waals surface area contributed by atoms with Crippen LogP contribution in [0.3, 0.4) is 0 Å². The highest BCUT2D eigenvalue weighted by Gasteiger charge is 2.28. The largest absolute Gasteiger partial charge is 0.360 e. The summed E-state index contributed by atoms with van der Waals surface area (Å²) in [6.45, 7) is 3.89. The Labute approximate surface area is 178 Å². The zero-order valence-corrected chi connectivity index (χ0v) is 17.8. The number of benzene rings is 1. The lowest BCUT2D eigenvalue weighted by Crippen LogP contribution is -2.14. The first-order chi connectivity index (χ1) is 14.0. The van der Waals surface area contributed by atoms with E-state index in [-0.39, 0.29) is 5.91 Å². The van der Waals surface area contributed by atoms with Gasteiger partial charge < -0.3 is 9.84 Å². The maximum Gasteiger partial charge on any atom is 0.262 e. The molecule has 1 aromatic carbocycles. The van der Waals surface area contributed by atoms with Gasteiger partial charge in [0.1, 0.15) is 28.1 Å². The Morgan fingerprint density at radius 3 is 2.97 bits per heavy atom. The fourth-order valence-electron chi connectivity index (χ4n) is 3.85. The van der Waals surface area contributed by atoms with Gasteiger partial charge in [0.2, 0.25) is 0 Å². The van der Waals surface area contributed by atoms with Crippen LogP contribution in [-0.4, -0.2) is 11.1 Å². The summed E-state index contributed by atoms with van der Waals surface area (Å²) >= 11 is 7.80. The molecule has 2 heterocycles. The van der Waals surface area contributed by atoms with Crippen LogP contribution in [0.4, 0.5) is 5.00 Å². The van der Waals surface area contributed by atoms with Gasteiger partial charge in [-0.3, -0.25) is 4.79 Å². The monoisotopic (exact) mass is 425 g/mol. The lowest BCUT2D eigenvalue weighted by molar-refractivity contribution is 0.102. The summed E-state index contributed by atoms with van der Waals surface area (Å²) in [7, 11) is 0. The minimum atomic E-state index is -0.346. The molecule has 0 saturated carbocycles. The van der Waals surface area contributed by atoms with Gasteiger partial charge in [-0.15, -0.1) is 11.3 Å². The predicted octanol–water partition coefficient (Wildman–Crippen LogP) is 6.00. The molecule has 0 radical (unpaired) electrons. The lowest BCUT2D eigenvalue weighted by atomic mass is 9.86. The number of aromatic nitrogens is 1. The van der Waals surface area contributed by atoms with E-state index in [1.165, 1.54) is 16.2 Å². The number of fused-ring (bicyclic) bond motifs is 1. The van der Waals surface area contributed by atoms with Crippen molar-refractivity contribution in [3.05, 3.63) is 56.6 Å². The summed E-state index contributed by atoms with van der Waals surface area (Å²) in [5.41, 5.74) is 3.04. The van der Waals surface area contributed by atoms with E-state index >= 15 is 0 Å². The average molecular weight is 426 g/mol. The smallest absolute Gasteiger partial charge is 0.262 e. The number of hydrogen-bond acceptors (Lipinski definition) is 5. The van der Waals surface area contributed by atoms with Gasteiger partial charge in [0.25, 0.3) is 5.91 Å². The van der Waals surface area contributed by atoms with E-state index in [0.717, 1.165) is 31.2 Å². The van der Waals surface area contributed by atoms with Crippen molar-refractivity contribution in [1.82, 2.24) is 5.16 Å². The van der Waals surface area contributed by atoms with E-state index in [9.17, 15) is 10.1 Å². The van der Waals surface area contributed by atoms with Crippen LogP contribution in [-0.2, 0) is 12.8 Å². The number of nitriles is 1. The van der Waals surface area contributed by atoms with Crippen molar-refractivity contribution in [2.75, 3.05) is 5.32 Å². The molecule has 7 heteroatoms. The average Bonchev–Trinajstić information content (AvgIpc) is 3.27. The van der Waals surface area contributed by atoms with Crippen LogP contribution < -0.4 is 5.32 Å². The van der Waals surface area contributed by atoms with E-state index in [2.05, 4.69) is 23.5 Å². The summed E-state index contributed by atoms with van der Waals surface area (Å²) in [5.74, 6) is 0.701. The van der Waals surface area contributed by atoms with Crippen LogP contribution in [0.2, 0.25) is 5.02 Å². The molecule has 0 spiro atoms. The van der Waals surface area contributed by atoms with Crippen LogP contribution >= 0.6 is 22.9 Å². The molecule has 2 aromatic heterocycles. The Hall–Kier alpha value is -2.62. The molecule has 1 unspecified atom stereocenters. The van der Waals surface area contributed by atoms with Crippen molar-refractivity contribution in [2.45, 2.75) is 39.5 Å². The second kappa shape index (κ2) is 8.02. The number of thiophene rings is 1. The van der Waals surface area contributed by atoms with Crippen molar-refractivity contribution < 1.29 is 9.32 Å². The van der Waals surface area contributed by atoms with E-state index in [1.54, 1.807) is 19.1 Å². The summed E-state index contributed by atoms with van der Waals surface area (Å²) in [6, 6.07) is 9.48. The van der Waals surface area contributed by atoms with Crippen LogP contribution in [0.5, 0.6) is 0 Å². The molecule has 0 bridgehead atoms. The Balaban J connectivity index is 1.69. The maximum absolute atomic E-state index is 13.1. The number of nitrogens with one attached hydrogen (secondary N) is 1. The van der Waals surface area contributed by atoms with Crippen LogP contribution in [0.25, 0.3) is 11.3 Å². The molecular formula is C22H20ClN3O2S. The van der Waals surface area contributed by atoms with Gasteiger partial charge in [0, 0.05) is 10.4 Å². The highest BCUT2D eigenvalue weighted by Crippen LogP contribution is 2.40. The molecule has 4 rings (SSSR count). The van der Waals surface area contributed by atoms with Gasteiger partial charge in [-0.25, -0.2) is 0 Å². The lowest BCUT2D eigenvalue weighted by Gasteiger charge is -2.20. The summed E-state index contributed by atoms with van der Waals surface area (Å²) in [6.07, 6.45) is 4.07. The zero-order valence-electron chi connectivity index (χ0n) is 16.2. The molecule has 1 aliphatic rings. The summed E-state index contributed by atoms with van der Waals surface area (Å²) in [5, 5.41) is 17.8. The van der Waals surface area contributed by atoms with Crippen molar-refractivity contribution >= 4 is 33.8 Å². The van der Waals surface area contributed by atoms with Gasteiger partial charge in [0.05, 0.1) is 10.6 Å². The first-order valence-corrected chi connectivity index (χ1v) is 10.8. The molecular weight excluding hydrogens is 406 g/mol. The van der Waals surface area contributed by atoms with E-state index in [1.807, 2.05) is 12.1 Å². The second-order valence-electron chi connectivity index (χ2n) is 7.23. The fourth-order valence-corrected chi connectivity index (χ4v) is 5.38. The highest BCUT2D eigenvalue weighted by atomic mass is 35.5. The number of carbonyl (C=O) groups excluding carboxylic acids is 1. The Kier molecular flexibility index (Phi) is 5.44. The first-order valence-electron chi connectivity index (χ1n) is 9.60. The van der Waals surface area contributed by atoms with Crippen LogP contribution in [0, 0.1) is 24.2 Å². The molecule has 0 fully saturated rings. The fraction of sp³-hybridized carbons (Fsp3) is 0.318. The Morgan fingerprint density at radius 1 is 1.45 bits per heavy atom. The number of carbonyl (C=O) groups is 1. The molecule has 1 aliphatic carbocycles. The van der Waals surface area contributed by atoms with Crippen molar-refractivity contribution in [3.63, 3.8) is 0 Å². The molecule has 0 saturated heterocycles. The summed E-state index contributed by atoms with van der Waals surface area (Å²) in [4.78, 5) is 14.4. The van der Waals surface area contributed by atoms with E-state index < -0.39 is 0 Å². The third-order valence-electron chi connectivity index (χ3n) is 5.50. The predicted molar refractivity (Wildman–Crippen MR) is 114 cm³/mol. The Morgan fingerprint density at radius 2 is 2.24 bits per heavy atom. The van der Waals surface area contributed by atoms with E-state index in [4.69, 9.17) is 16.1 Å². The number of anilines is 1. The molecule has 148 valence electrons. The van der Waals surface area contributed by atoms with Gasteiger partial charge >= 0.3 is 0 Å². The second-order valence-corrected chi connectivity index (χ2v) is 8.75. The molecule has 1 amide bonds. The molecule has 1 atom stereocenters. The Bertz CT molecular complexity index is 1130. The van der Waals surface area contributed by atoms with Crippen molar-refractivity contribution in [2.24, 2.45) is 5.92 Å². The standard InChI is InChI=1S/C22H20ClN3O2S/c1-3-13-8-9-14-16(11-24)22(29-18(14)10-13)25-21(27)19-12(2)28-26-20(19)15-6-4-5-7-17(15)23/h4-7,13H,3,8-10H2,1-2H3,(H,25,27). The highest BCUT2D eigenvalue weighted by molar-refractivity contribution is 7.16. The maximum atomic E-state index is 13.1. The number of rotatable bonds is 4. The molecule has 1 N–H and O–H groups in total. The molecule has 5 nitrogen and oxygen atoms in total. The number of aryl methyl sites for hydroxylation is 1. The summed E-state index contributed by atoms with van der Waals surface area (Å²) < 4.78 is 5.30. The number of hydrogen-bond donors (Lipinski definition) is 1. The minimum absolute atomic E-state index is 0.333. The van der Waals surface area contributed by atoms with E-state index in [0.29, 0.717) is 44.1 Å². The van der Waals surface area contributed by atoms with Gasteiger partial charge in [-0.05, 0) is 43.7 Å². The van der Waals surface area contributed by atoms with Gasteiger partial charge in [-0.1, -0.05) is 48.3 Å². The molecule has 29 heavy (non-hydrogen) atoms. The van der Waals surface area contributed by atoms with Crippen LogP contribution in [0.15, 0.2) is 28.8 Å². The van der Waals surface area contributed by atoms with Gasteiger partial charge in [-0.2, -0.15) is 5.26 Å². The van der Waals surface area contributed by atoms with Crippen molar-refractivity contribution in [3.8, 4) is 17.3 Å². The first kappa shape index (κ1) is 19.7. The normalized spacial score (nSPS) is 15.6. The SMILES string of the molecule is CCC1CCc2c(sc(NC(=O)c3c(-c4ccccc4Cl)noc3C)c2C#N)C1. The zero-order chi connectivity index (χ0) is 20.5. The molecule has 3 aromatic rings. The quantitative estimate of drug-likeness (QED) is 0.555. The number of amides is 1. The van der Waals surface area contributed by atoms with Gasteiger partial charge in [0.15, 0.2) is 0 Å². The van der Waals surface area contributed by atoms with Crippen LogP contribution in [0.1, 0.15) is 51.9 Å². The third-order valence-corrected chi connectivity index (χ3v) is 7.00.